The molecule has 2 amide bonds. The summed E-state index contributed by atoms with van der Waals surface area (Å²) in [5, 5.41) is 15.4. The molecule has 0 aromatic heterocycles. The third kappa shape index (κ3) is 5.80. The van der Waals surface area contributed by atoms with Crippen LogP contribution in [0.4, 0.5) is 18.9 Å². The second kappa shape index (κ2) is 8.30. The van der Waals surface area contributed by atoms with Crippen LogP contribution in [0, 0.1) is 10.1 Å². The predicted molar refractivity (Wildman–Crippen MR) is 88.7 cm³/mol. The Morgan fingerprint density at radius 3 is 2.41 bits per heavy atom. The lowest BCUT2D eigenvalue weighted by Crippen LogP contribution is -2.36. The molecule has 0 saturated carbocycles. The molecule has 0 bridgehead atoms. The number of benzene rings is 2. The molecule has 0 radical (unpaired) electrons. The van der Waals surface area contributed by atoms with Crippen molar-refractivity contribution in [1.82, 2.24) is 10.6 Å². The smallest absolute Gasteiger partial charge is 0.350 e. The topological polar surface area (TPSA) is 101 Å². The maximum absolute atomic E-state index is 12.6. The van der Waals surface area contributed by atoms with E-state index in [1.165, 1.54) is 30.3 Å². The highest BCUT2D eigenvalue weighted by molar-refractivity contribution is 5.96. The van der Waals surface area contributed by atoms with Crippen LogP contribution >= 0.6 is 0 Å². The quantitative estimate of drug-likeness (QED) is 0.593. The monoisotopic (exact) mass is 381 g/mol. The Bertz CT molecular complexity index is 868. The van der Waals surface area contributed by atoms with E-state index in [4.69, 9.17) is 0 Å². The Hall–Kier alpha value is -3.43. The van der Waals surface area contributed by atoms with Crippen molar-refractivity contribution < 1.29 is 27.7 Å². The molecular formula is C17H14F3N3O4. The Morgan fingerprint density at radius 1 is 1.04 bits per heavy atom. The summed E-state index contributed by atoms with van der Waals surface area (Å²) in [4.78, 5) is 33.7. The molecule has 0 unspecified atom stereocenters. The molecule has 0 atom stereocenters. The van der Waals surface area contributed by atoms with Crippen LogP contribution in [0.15, 0.2) is 48.5 Å². The van der Waals surface area contributed by atoms with Crippen molar-refractivity contribution in [2.24, 2.45) is 0 Å². The van der Waals surface area contributed by atoms with Gasteiger partial charge in [-0.25, -0.2) is 0 Å². The highest BCUT2D eigenvalue weighted by atomic mass is 19.4. The first-order chi connectivity index (χ1) is 12.7. The van der Waals surface area contributed by atoms with Gasteiger partial charge in [0.2, 0.25) is 5.91 Å². The van der Waals surface area contributed by atoms with E-state index in [1.54, 1.807) is 0 Å². The number of rotatable bonds is 6. The van der Waals surface area contributed by atoms with Gasteiger partial charge in [-0.3, -0.25) is 19.7 Å². The zero-order chi connectivity index (χ0) is 20.0. The molecule has 0 aliphatic heterocycles. The van der Waals surface area contributed by atoms with Crippen LogP contribution < -0.4 is 10.6 Å². The minimum Gasteiger partial charge on any atom is -0.350 e. The molecular weight excluding hydrogens is 367 g/mol. The van der Waals surface area contributed by atoms with E-state index in [0.29, 0.717) is 0 Å². The SMILES string of the molecule is O=C(CNC(=O)c1cccc([N+](=O)[O-])c1)NCc1cccc(C(F)(F)F)c1. The number of hydrogen-bond donors (Lipinski definition) is 2. The van der Waals surface area contributed by atoms with Crippen molar-refractivity contribution in [3.8, 4) is 0 Å². The van der Waals surface area contributed by atoms with Crippen molar-refractivity contribution in [2.75, 3.05) is 6.54 Å². The number of non-ortho nitro benzene ring substituents is 1. The van der Waals surface area contributed by atoms with Crippen molar-refractivity contribution in [3.63, 3.8) is 0 Å². The second-order valence-corrected chi connectivity index (χ2v) is 5.46. The predicted octanol–water partition coefficient (Wildman–Crippen LogP) is 2.66. The van der Waals surface area contributed by atoms with E-state index in [1.807, 2.05) is 0 Å². The summed E-state index contributed by atoms with van der Waals surface area (Å²) in [7, 11) is 0. The summed E-state index contributed by atoms with van der Waals surface area (Å²) in [6.45, 7) is -0.573. The number of carbonyl (C=O) groups is 2. The number of carbonyl (C=O) groups excluding carboxylic acids is 2. The van der Waals surface area contributed by atoms with Gasteiger partial charge in [-0.15, -0.1) is 0 Å². The molecule has 2 N–H and O–H groups in total. The molecule has 0 fully saturated rings. The average Bonchev–Trinajstić information content (AvgIpc) is 2.64. The molecule has 142 valence electrons. The molecule has 0 saturated heterocycles. The fourth-order valence-electron chi connectivity index (χ4n) is 2.14. The first-order valence-electron chi connectivity index (χ1n) is 7.62. The van der Waals surface area contributed by atoms with E-state index >= 15 is 0 Å². The summed E-state index contributed by atoms with van der Waals surface area (Å²) >= 11 is 0. The molecule has 2 aromatic carbocycles. The molecule has 27 heavy (non-hydrogen) atoms. The number of nitro groups is 1. The maximum atomic E-state index is 12.6. The molecule has 2 aromatic rings. The molecule has 0 aliphatic rings. The van der Waals surface area contributed by atoms with Crippen LogP contribution in [0.3, 0.4) is 0 Å². The van der Waals surface area contributed by atoms with Crippen LogP contribution in [0.2, 0.25) is 0 Å². The third-order valence-electron chi connectivity index (χ3n) is 3.47. The number of amides is 2. The largest absolute Gasteiger partial charge is 0.416 e. The lowest BCUT2D eigenvalue weighted by molar-refractivity contribution is -0.384. The molecule has 0 heterocycles. The number of nitrogens with zero attached hydrogens (tertiary/aromatic N) is 1. The Kier molecular flexibility index (Phi) is 6.11. The fraction of sp³-hybridized carbons (Fsp3) is 0.176. The van der Waals surface area contributed by atoms with Crippen LogP contribution in [0.5, 0.6) is 0 Å². The molecule has 10 heteroatoms. The minimum atomic E-state index is -4.48. The summed E-state index contributed by atoms with van der Waals surface area (Å²) < 4.78 is 37.9. The van der Waals surface area contributed by atoms with Crippen molar-refractivity contribution >= 4 is 17.5 Å². The highest BCUT2D eigenvalue weighted by Crippen LogP contribution is 2.29. The highest BCUT2D eigenvalue weighted by Gasteiger charge is 2.30. The zero-order valence-electron chi connectivity index (χ0n) is 13.7. The third-order valence-corrected chi connectivity index (χ3v) is 3.47. The number of nitro benzene ring substituents is 1. The lowest BCUT2D eigenvalue weighted by Gasteiger charge is -2.10. The number of hydrogen-bond acceptors (Lipinski definition) is 4. The summed E-state index contributed by atoms with van der Waals surface area (Å²) in [6.07, 6.45) is -4.48. The van der Waals surface area contributed by atoms with Gasteiger partial charge >= 0.3 is 6.18 Å². The van der Waals surface area contributed by atoms with Gasteiger partial charge in [0.25, 0.3) is 11.6 Å². The van der Waals surface area contributed by atoms with Gasteiger partial charge in [0.05, 0.1) is 17.0 Å². The Labute approximate surface area is 151 Å². The van der Waals surface area contributed by atoms with E-state index in [-0.39, 0.29) is 23.4 Å². The second-order valence-electron chi connectivity index (χ2n) is 5.46. The number of halogens is 3. The van der Waals surface area contributed by atoms with E-state index < -0.39 is 35.0 Å². The van der Waals surface area contributed by atoms with E-state index in [9.17, 15) is 32.9 Å². The maximum Gasteiger partial charge on any atom is 0.416 e. The zero-order valence-corrected chi connectivity index (χ0v) is 13.7. The molecule has 0 spiro atoms. The van der Waals surface area contributed by atoms with Gasteiger partial charge in [0.15, 0.2) is 0 Å². The Morgan fingerprint density at radius 2 is 1.74 bits per heavy atom. The van der Waals surface area contributed by atoms with E-state index in [2.05, 4.69) is 10.6 Å². The van der Waals surface area contributed by atoms with Crippen LogP contribution in [0.1, 0.15) is 21.5 Å². The molecule has 2 rings (SSSR count). The number of nitrogens with one attached hydrogen (secondary N) is 2. The number of alkyl halides is 3. The fourth-order valence-corrected chi connectivity index (χ4v) is 2.14. The van der Waals surface area contributed by atoms with Gasteiger partial charge in [-0.2, -0.15) is 13.2 Å². The first kappa shape index (κ1) is 19.9. The molecule has 0 aliphatic carbocycles. The van der Waals surface area contributed by atoms with Gasteiger partial charge in [-0.05, 0) is 23.8 Å². The first-order valence-corrected chi connectivity index (χ1v) is 7.62. The van der Waals surface area contributed by atoms with Crippen LogP contribution in [-0.4, -0.2) is 23.3 Å². The summed E-state index contributed by atoms with van der Waals surface area (Å²) in [5.74, 6) is -1.31. The van der Waals surface area contributed by atoms with Gasteiger partial charge in [0, 0.05) is 24.2 Å². The Balaban J connectivity index is 1.87. The van der Waals surface area contributed by atoms with Gasteiger partial charge in [-0.1, -0.05) is 18.2 Å². The van der Waals surface area contributed by atoms with E-state index in [0.717, 1.165) is 18.2 Å². The summed E-state index contributed by atoms with van der Waals surface area (Å²) in [6, 6.07) is 9.47. The normalized spacial score (nSPS) is 10.9. The van der Waals surface area contributed by atoms with Gasteiger partial charge in [0.1, 0.15) is 0 Å². The molecule has 7 nitrogen and oxygen atoms in total. The standard InChI is InChI=1S/C17H14F3N3O4/c18-17(19,20)13-5-1-3-11(7-13)9-21-15(24)10-22-16(25)12-4-2-6-14(8-12)23(26)27/h1-8H,9-10H2,(H,21,24)(H,22,25). The van der Waals surface area contributed by atoms with Crippen molar-refractivity contribution in [1.29, 1.82) is 0 Å². The lowest BCUT2D eigenvalue weighted by atomic mass is 10.1. The van der Waals surface area contributed by atoms with Crippen LogP contribution in [-0.2, 0) is 17.5 Å². The van der Waals surface area contributed by atoms with Crippen molar-refractivity contribution in [2.45, 2.75) is 12.7 Å². The average molecular weight is 381 g/mol. The summed E-state index contributed by atoms with van der Waals surface area (Å²) in [5.41, 5.74) is -0.831. The van der Waals surface area contributed by atoms with Gasteiger partial charge < -0.3 is 10.6 Å². The minimum absolute atomic E-state index is 0.00915. The van der Waals surface area contributed by atoms with Crippen LogP contribution in [0.25, 0.3) is 0 Å². The van der Waals surface area contributed by atoms with Crippen molar-refractivity contribution in [3.05, 3.63) is 75.3 Å².